The van der Waals surface area contributed by atoms with E-state index in [1.807, 2.05) is 109 Å². The molecule has 2 aliphatic rings. The van der Waals surface area contributed by atoms with Crippen molar-refractivity contribution in [3.63, 3.8) is 0 Å². The van der Waals surface area contributed by atoms with Crippen LogP contribution in [0.4, 0.5) is 15.3 Å². The number of benzene rings is 5. The van der Waals surface area contributed by atoms with Gasteiger partial charge >= 0.3 is 18.2 Å². The molecule has 4 atom stereocenters. The van der Waals surface area contributed by atoms with Crippen LogP contribution in [0.5, 0.6) is 11.5 Å². The number of hydrogen-bond acceptors (Lipinski definition) is 13. The molecule has 17 heteroatoms. The van der Waals surface area contributed by atoms with Crippen LogP contribution in [0.15, 0.2) is 132 Å². The van der Waals surface area contributed by atoms with Crippen LogP contribution in [0.2, 0.25) is 0 Å². The lowest BCUT2D eigenvalue weighted by molar-refractivity contribution is -0.387. The fraction of sp³-hybridized carbons (Fsp3) is 0.340. The molecule has 0 saturated carbocycles. The van der Waals surface area contributed by atoms with Crippen LogP contribution in [-0.2, 0) is 49.5 Å². The number of imide groups is 2. The zero-order valence-corrected chi connectivity index (χ0v) is 41.6. The van der Waals surface area contributed by atoms with Gasteiger partial charge < -0.3 is 23.7 Å². The first-order valence-corrected chi connectivity index (χ1v) is 24.8. The van der Waals surface area contributed by atoms with E-state index in [9.17, 15) is 34.1 Å². The molecule has 0 aromatic heterocycles. The summed E-state index contributed by atoms with van der Waals surface area (Å²) >= 11 is 4.48. The van der Waals surface area contributed by atoms with E-state index in [0.29, 0.717) is 38.5 Å². The Hall–Kier alpha value is -6.72. The highest BCUT2D eigenvalue weighted by atomic mass is 79.9. The molecule has 15 nitrogen and oxygen atoms in total. The first-order valence-electron chi connectivity index (χ1n) is 23.0. The van der Waals surface area contributed by atoms with Crippen LogP contribution < -0.4 is 9.47 Å². The summed E-state index contributed by atoms with van der Waals surface area (Å²) in [5, 5.41) is 11.2. The summed E-state index contributed by atoms with van der Waals surface area (Å²) < 4.78 is 25.8. The molecule has 2 aliphatic heterocycles. The van der Waals surface area contributed by atoms with Crippen LogP contribution in [0.25, 0.3) is 0 Å². The quantitative estimate of drug-likeness (QED) is 0.0169. The number of hydrogen-bond donors (Lipinski definition) is 0. The molecule has 0 radical (unpaired) electrons. The number of amides is 4. The van der Waals surface area contributed by atoms with Gasteiger partial charge in [0.15, 0.2) is 0 Å². The van der Waals surface area contributed by atoms with Gasteiger partial charge in [0.2, 0.25) is 11.8 Å². The van der Waals surface area contributed by atoms with Crippen molar-refractivity contribution < 1.29 is 52.6 Å². The second-order valence-corrected chi connectivity index (χ2v) is 18.8. The Morgan fingerprint density at radius 3 is 1.66 bits per heavy atom. The normalized spacial score (nSPS) is 16.0. The molecule has 2 heterocycles. The third-order valence-electron chi connectivity index (χ3n) is 11.7. The van der Waals surface area contributed by atoms with Gasteiger partial charge in [0.05, 0.1) is 58.4 Å². The van der Waals surface area contributed by atoms with Crippen LogP contribution in [-0.4, -0.2) is 101 Å². The first kappa shape index (κ1) is 52.6. The van der Waals surface area contributed by atoms with E-state index >= 15 is 0 Å². The summed E-state index contributed by atoms with van der Waals surface area (Å²) in [5.74, 6) is 0.195. The Morgan fingerprint density at radius 2 is 1.19 bits per heavy atom. The molecular formula is C53H56BrN3O12S. The standard InChI is InChI=1S/C31H32N2O8S.C22H24BrNO4/c1-3-40-30(35)23-14-17-27(26(19-23)33(37)38)42-28(11-7-10-21-12-15-25(39-2)16-13-21)29(34)32-24(20-41-31(32)36)18-22-8-5-4-6-9-22;1-27-19-12-10-16(11-13-19)8-5-9-20(23)21(25)24-18(15-28-22(24)26)14-17-6-3-2-4-7-17/h4-6,8-9,12-17,19,24,28H,3,7,10-11,18,20H2,1-2H3;2-4,6-7,10-13,18,20H,5,8-9,14-15H2,1H3/t24-,28+;18-,20-/m11/s1. The predicted octanol–water partition coefficient (Wildman–Crippen LogP) is 10.2. The predicted molar refractivity (Wildman–Crippen MR) is 268 cm³/mol. The molecule has 0 spiro atoms. The number of methoxy groups -OCH3 is 2. The monoisotopic (exact) mass is 1040 g/mol. The van der Waals surface area contributed by atoms with Gasteiger partial charge in [-0.05, 0) is 117 Å². The number of carbonyl (C=O) groups excluding carboxylic acids is 5. The largest absolute Gasteiger partial charge is 0.497 e. The lowest BCUT2D eigenvalue weighted by atomic mass is 10.0. The molecule has 368 valence electrons. The van der Waals surface area contributed by atoms with Gasteiger partial charge in [-0.3, -0.25) is 19.7 Å². The van der Waals surface area contributed by atoms with E-state index in [1.165, 1.54) is 22.6 Å². The average molecular weight is 1040 g/mol. The van der Waals surface area contributed by atoms with E-state index in [1.54, 1.807) is 21.1 Å². The van der Waals surface area contributed by atoms with E-state index in [4.69, 9.17) is 23.7 Å². The van der Waals surface area contributed by atoms with Gasteiger partial charge in [-0.1, -0.05) is 101 Å². The zero-order valence-electron chi connectivity index (χ0n) is 39.2. The highest BCUT2D eigenvalue weighted by Gasteiger charge is 2.42. The number of halogens is 1. The summed E-state index contributed by atoms with van der Waals surface area (Å²) in [5.41, 5.74) is 3.99. The highest BCUT2D eigenvalue weighted by molar-refractivity contribution is 9.10. The minimum absolute atomic E-state index is 0.0429. The Bertz CT molecular complexity index is 2550. The van der Waals surface area contributed by atoms with Crippen molar-refractivity contribution in [3.05, 3.63) is 165 Å². The molecule has 0 N–H and O–H groups in total. The lowest BCUT2D eigenvalue weighted by Gasteiger charge is -2.25. The molecule has 2 saturated heterocycles. The van der Waals surface area contributed by atoms with Crippen LogP contribution >= 0.6 is 27.7 Å². The Kier molecular flexibility index (Phi) is 19.8. The highest BCUT2D eigenvalue weighted by Crippen LogP contribution is 2.37. The van der Waals surface area contributed by atoms with Gasteiger partial charge in [0, 0.05) is 6.07 Å². The Labute approximate surface area is 420 Å². The van der Waals surface area contributed by atoms with Crippen molar-refractivity contribution >= 4 is 63.3 Å². The number of cyclic esters (lactones) is 2. The van der Waals surface area contributed by atoms with Crippen LogP contribution in [0.1, 0.15) is 65.2 Å². The molecule has 0 aliphatic carbocycles. The number of ether oxygens (including phenoxy) is 5. The third-order valence-corrected chi connectivity index (χ3v) is 13.8. The number of rotatable bonds is 21. The fourth-order valence-corrected chi connectivity index (χ4v) is 9.76. The van der Waals surface area contributed by atoms with Gasteiger partial charge in [0.1, 0.15) is 24.7 Å². The van der Waals surface area contributed by atoms with E-state index < -0.39 is 45.1 Å². The number of nitro benzene ring substituents is 1. The van der Waals surface area contributed by atoms with E-state index in [-0.39, 0.29) is 47.9 Å². The molecule has 0 unspecified atom stereocenters. The van der Waals surface area contributed by atoms with Crippen LogP contribution in [0.3, 0.4) is 0 Å². The lowest BCUT2D eigenvalue weighted by Crippen LogP contribution is -2.44. The summed E-state index contributed by atoms with van der Waals surface area (Å²) in [6, 6.07) is 38.1. The number of nitrogens with zero attached hydrogens (tertiary/aromatic N) is 3. The molecular weight excluding hydrogens is 983 g/mol. The molecule has 4 amide bonds. The maximum atomic E-state index is 14.0. The van der Waals surface area contributed by atoms with Gasteiger partial charge in [-0.25, -0.2) is 24.2 Å². The van der Waals surface area contributed by atoms with Gasteiger partial charge in [-0.2, -0.15) is 0 Å². The number of alkyl halides is 1. The number of nitro groups is 1. The van der Waals surface area contributed by atoms with Crippen LogP contribution in [0, 0.1) is 10.1 Å². The summed E-state index contributed by atoms with van der Waals surface area (Å²) in [7, 11) is 3.24. The number of esters is 1. The Balaban J connectivity index is 0.000000249. The second kappa shape index (κ2) is 26.3. The van der Waals surface area contributed by atoms with E-state index in [2.05, 4.69) is 15.9 Å². The smallest absolute Gasteiger partial charge is 0.417 e. The fourth-order valence-electron chi connectivity index (χ4n) is 8.01. The second-order valence-electron chi connectivity index (χ2n) is 16.5. The number of thioether (sulfide) groups is 1. The number of carbonyl (C=O) groups is 5. The zero-order chi connectivity index (χ0) is 50.0. The number of aryl methyl sites for hydroxylation is 2. The van der Waals surface area contributed by atoms with Crippen molar-refractivity contribution in [3.8, 4) is 11.5 Å². The SMILES string of the molecule is CCOC(=O)c1ccc(S[C@@H](CCCc2ccc(OC)cc2)C(=O)N2C(=O)OC[C@H]2Cc2ccccc2)c([N+](=O)[O-])c1.COc1ccc(CCC[C@@H](Br)C(=O)N2C(=O)OC[C@H]2Cc2ccccc2)cc1. The summed E-state index contributed by atoms with van der Waals surface area (Å²) in [4.78, 5) is 77.6. The molecule has 5 aromatic carbocycles. The van der Waals surface area contributed by atoms with Crippen molar-refractivity contribution in [2.45, 2.75) is 85.3 Å². The average Bonchev–Trinajstić information content (AvgIpc) is 3.93. The summed E-state index contributed by atoms with van der Waals surface area (Å²) in [6.07, 6.45) is 3.66. The maximum Gasteiger partial charge on any atom is 0.417 e. The van der Waals surface area contributed by atoms with Crippen molar-refractivity contribution in [2.75, 3.05) is 34.0 Å². The third kappa shape index (κ3) is 14.7. The molecule has 70 heavy (non-hydrogen) atoms. The van der Waals surface area contributed by atoms with Gasteiger partial charge in [-0.15, -0.1) is 11.8 Å². The Morgan fingerprint density at radius 1 is 0.700 bits per heavy atom. The molecule has 2 fully saturated rings. The van der Waals surface area contributed by atoms with Crippen molar-refractivity contribution in [1.82, 2.24) is 9.80 Å². The van der Waals surface area contributed by atoms with Crippen molar-refractivity contribution in [1.29, 1.82) is 0 Å². The molecule has 5 aromatic rings. The summed E-state index contributed by atoms with van der Waals surface area (Å²) in [6.45, 7) is 2.08. The van der Waals surface area contributed by atoms with Crippen molar-refractivity contribution in [2.24, 2.45) is 0 Å². The maximum absolute atomic E-state index is 14.0. The topological polar surface area (TPSA) is 181 Å². The minimum atomic E-state index is -0.820. The molecule has 7 rings (SSSR count). The van der Waals surface area contributed by atoms with Gasteiger partial charge in [0.25, 0.3) is 5.69 Å². The first-order chi connectivity index (χ1) is 33.9. The molecule has 0 bridgehead atoms. The minimum Gasteiger partial charge on any atom is -0.497 e. The van der Waals surface area contributed by atoms with E-state index in [0.717, 1.165) is 63.8 Å².